The summed E-state index contributed by atoms with van der Waals surface area (Å²) in [6.07, 6.45) is 2.70. The van der Waals surface area contributed by atoms with Crippen LogP contribution in [0.4, 0.5) is 0 Å². The molecule has 1 fully saturated rings. The molecule has 1 rings (SSSR count). The Morgan fingerprint density at radius 2 is 2.00 bits per heavy atom. The minimum Gasteiger partial charge on any atom is -0.316 e. The molecule has 17 heavy (non-hydrogen) atoms. The summed E-state index contributed by atoms with van der Waals surface area (Å²) >= 11 is 0. The fourth-order valence-corrected chi connectivity index (χ4v) is 2.35. The van der Waals surface area contributed by atoms with Crippen molar-refractivity contribution in [3.8, 4) is 0 Å². The minimum atomic E-state index is 0.480. The SMILES string of the molecule is CC(C)CNCC1CCN(CCC(C)(C)C)C1. The van der Waals surface area contributed by atoms with Gasteiger partial charge in [0.15, 0.2) is 0 Å². The average Bonchev–Trinajstić information content (AvgIpc) is 2.61. The van der Waals surface area contributed by atoms with E-state index in [4.69, 9.17) is 0 Å². The summed E-state index contributed by atoms with van der Waals surface area (Å²) in [7, 11) is 0. The van der Waals surface area contributed by atoms with Crippen molar-refractivity contribution >= 4 is 0 Å². The lowest BCUT2D eigenvalue weighted by Crippen LogP contribution is -2.30. The zero-order valence-corrected chi connectivity index (χ0v) is 12.6. The first-order valence-electron chi connectivity index (χ1n) is 7.30. The van der Waals surface area contributed by atoms with E-state index in [2.05, 4.69) is 44.8 Å². The molecule has 0 aliphatic carbocycles. The lowest BCUT2D eigenvalue weighted by atomic mass is 9.92. The van der Waals surface area contributed by atoms with Crippen LogP contribution in [-0.4, -0.2) is 37.6 Å². The van der Waals surface area contributed by atoms with Crippen LogP contribution in [0.25, 0.3) is 0 Å². The standard InChI is InChI=1S/C15H32N2/c1-13(2)10-16-11-14-6-8-17(12-14)9-7-15(3,4)5/h13-14,16H,6-12H2,1-5H3. The predicted octanol–water partition coefficient (Wildman–Crippen LogP) is 2.99. The van der Waals surface area contributed by atoms with Gasteiger partial charge in [0.2, 0.25) is 0 Å². The highest BCUT2D eigenvalue weighted by Crippen LogP contribution is 2.22. The molecule has 0 spiro atoms. The molecule has 2 nitrogen and oxygen atoms in total. The summed E-state index contributed by atoms with van der Waals surface area (Å²) in [4.78, 5) is 2.65. The number of likely N-dealkylation sites (tertiary alicyclic amines) is 1. The van der Waals surface area contributed by atoms with Crippen LogP contribution in [0.15, 0.2) is 0 Å². The van der Waals surface area contributed by atoms with E-state index in [-0.39, 0.29) is 0 Å². The van der Waals surface area contributed by atoms with Gasteiger partial charge in [-0.05, 0) is 56.3 Å². The maximum Gasteiger partial charge on any atom is 0.00223 e. The Morgan fingerprint density at radius 1 is 1.29 bits per heavy atom. The quantitative estimate of drug-likeness (QED) is 0.768. The summed E-state index contributed by atoms with van der Waals surface area (Å²) < 4.78 is 0. The molecular formula is C15H32N2. The molecule has 1 atom stereocenters. The van der Waals surface area contributed by atoms with Crippen molar-refractivity contribution in [2.75, 3.05) is 32.7 Å². The van der Waals surface area contributed by atoms with Gasteiger partial charge in [0.05, 0.1) is 0 Å². The number of hydrogen-bond acceptors (Lipinski definition) is 2. The third-order valence-corrected chi connectivity index (χ3v) is 3.53. The first kappa shape index (κ1) is 15.0. The van der Waals surface area contributed by atoms with Crippen LogP contribution < -0.4 is 5.32 Å². The molecule has 0 aromatic carbocycles. The minimum absolute atomic E-state index is 0.480. The topological polar surface area (TPSA) is 15.3 Å². The lowest BCUT2D eigenvalue weighted by Gasteiger charge is -2.23. The van der Waals surface area contributed by atoms with Gasteiger partial charge in [-0.15, -0.1) is 0 Å². The molecule has 0 radical (unpaired) electrons. The zero-order valence-electron chi connectivity index (χ0n) is 12.6. The van der Waals surface area contributed by atoms with Crippen LogP contribution in [0, 0.1) is 17.3 Å². The molecule has 0 saturated carbocycles. The van der Waals surface area contributed by atoms with Crippen LogP contribution >= 0.6 is 0 Å². The van der Waals surface area contributed by atoms with E-state index in [1.807, 2.05) is 0 Å². The van der Waals surface area contributed by atoms with Crippen molar-refractivity contribution < 1.29 is 0 Å². The largest absolute Gasteiger partial charge is 0.316 e. The fraction of sp³-hybridized carbons (Fsp3) is 1.00. The Kier molecular flexibility index (Phi) is 5.94. The molecule has 0 aromatic rings. The van der Waals surface area contributed by atoms with Crippen molar-refractivity contribution in [2.24, 2.45) is 17.3 Å². The molecule has 1 heterocycles. The Morgan fingerprint density at radius 3 is 2.59 bits per heavy atom. The van der Waals surface area contributed by atoms with Gasteiger partial charge in [-0.25, -0.2) is 0 Å². The van der Waals surface area contributed by atoms with E-state index in [1.54, 1.807) is 0 Å². The van der Waals surface area contributed by atoms with E-state index >= 15 is 0 Å². The number of hydrogen-bond donors (Lipinski definition) is 1. The maximum absolute atomic E-state index is 3.59. The second kappa shape index (κ2) is 6.75. The highest BCUT2D eigenvalue weighted by molar-refractivity contribution is 4.78. The highest BCUT2D eigenvalue weighted by atomic mass is 15.1. The maximum atomic E-state index is 3.59. The molecule has 102 valence electrons. The van der Waals surface area contributed by atoms with E-state index in [1.165, 1.54) is 45.6 Å². The lowest BCUT2D eigenvalue weighted by molar-refractivity contribution is 0.257. The Balaban J connectivity index is 2.10. The molecular weight excluding hydrogens is 208 g/mol. The number of nitrogens with zero attached hydrogens (tertiary/aromatic N) is 1. The van der Waals surface area contributed by atoms with Crippen LogP contribution in [0.1, 0.15) is 47.5 Å². The Bertz CT molecular complexity index is 205. The Labute approximate surface area is 108 Å². The van der Waals surface area contributed by atoms with Crippen molar-refractivity contribution in [3.63, 3.8) is 0 Å². The summed E-state index contributed by atoms with van der Waals surface area (Å²) in [5, 5.41) is 3.59. The van der Waals surface area contributed by atoms with Gasteiger partial charge >= 0.3 is 0 Å². The first-order valence-corrected chi connectivity index (χ1v) is 7.30. The van der Waals surface area contributed by atoms with Gasteiger partial charge in [0.25, 0.3) is 0 Å². The summed E-state index contributed by atoms with van der Waals surface area (Å²) in [6.45, 7) is 17.8. The molecule has 1 aliphatic heterocycles. The van der Waals surface area contributed by atoms with Gasteiger partial charge in [-0.2, -0.15) is 0 Å². The second-order valence-corrected chi connectivity index (χ2v) is 7.32. The fourth-order valence-electron chi connectivity index (χ4n) is 2.35. The van der Waals surface area contributed by atoms with Crippen LogP contribution in [0.3, 0.4) is 0 Å². The summed E-state index contributed by atoms with van der Waals surface area (Å²) in [5.74, 6) is 1.65. The molecule has 1 unspecified atom stereocenters. The molecule has 0 amide bonds. The molecule has 1 N–H and O–H groups in total. The van der Waals surface area contributed by atoms with E-state index in [9.17, 15) is 0 Å². The molecule has 1 saturated heterocycles. The van der Waals surface area contributed by atoms with Gasteiger partial charge in [0.1, 0.15) is 0 Å². The number of nitrogens with one attached hydrogen (secondary N) is 1. The van der Waals surface area contributed by atoms with E-state index < -0.39 is 0 Å². The van der Waals surface area contributed by atoms with Crippen LogP contribution in [0.5, 0.6) is 0 Å². The smallest absolute Gasteiger partial charge is 0.00223 e. The average molecular weight is 240 g/mol. The number of rotatable bonds is 6. The third-order valence-electron chi connectivity index (χ3n) is 3.53. The summed E-state index contributed by atoms with van der Waals surface area (Å²) in [6, 6.07) is 0. The second-order valence-electron chi connectivity index (χ2n) is 7.32. The normalized spacial score (nSPS) is 22.6. The molecule has 0 aromatic heterocycles. The van der Waals surface area contributed by atoms with E-state index in [0.29, 0.717) is 5.41 Å². The van der Waals surface area contributed by atoms with Gasteiger partial charge in [-0.1, -0.05) is 34.6 Å². The van der Waals surface area contributed by atoms with E-state index in [0.717, 1.165) is 11.8 Å². The monoisotopic (exact) mass is 240 g/mol. The van der Waals surface area contributed by atoms with Gasteiger partial charge in [0, 0.05) is 6.54 Å². The predicted molar refractivity (Wildman–Crippen MR) is 76.3 cm³/mol. The zero-order chi connectivity index (χ0) is 12.9. The van der Waals surface area contributed by atoms with Crippen molar-refractivity contribution in [1.82, 2.24) is 10.2 Å². The third kappa shape index (κ3) is 7.05. The molecule has 0 bridgehead atoms. The molecule has 2 heteroatoms. The Hall–Kier alpha value is -0.0800. The van der Waals surface area contributed by atoms with Crippen LogP contribution in [0.2, 0.25) is 0 Å². The van der Waals surface area contributed by atoms with Crippen molar-refractivity contribution in [1.29, 1.82) is 0 Å². The van der Waals surface area contributed by atoms with Crippen molar-refractivity contribution in [3.05, 3.63) is 0 Å². The summed E-state index contributed by atoms with van der Waals surface area (Å²) in [5.41, 5.74) is 0.480. The van der Waals surface area contributed by atoms with Crippen LogP contribution in [-0.2, 0) is 0 Å². The van der Waals surface area contributed by atoms with Crippen molar-refractivity contribution in [2.45, 2.75) is 47.5 Å². The highest BCUT2D eigenvalue weighted by Gasteiger charge is 2.23. The first-order chi connectivity index (χ1) is 7.87. The van der Waals surface area contributed by atoms with Gasteiger partial charge in [-0.3, -0.25) is 0 Å². The molecule has 1 aliphatic rings. The van der Waals surface area contributed by atoms with Gasteiger partial charge < -0.3 is 10.2 Å².